The van der Waals surface area contributed by atoms with Crippen molar-refractivity contribution in [2.75, 3.05) is 0 Å². The molecule has 16 heavy (non-hydrogen) atoms. The predicted octanol–water partition coefficient (Wildman–Crippen LogP) is -1.91. The Kier molecular flexibility index (Phi) is 1.60. The van der Waals surface area contributed by atoms with Gasteiger partial charge in [-0.1, -0.05) is 4.85 Å². The van der Waals surface area contributed by atoms with E-state index >= 15 is 0 Å². The van der Waals surface area contributed by atoms with Gasteiger partial charge < -0.3 is 25.8 Å². The zero-order valence-corrected chi connectivity index (χ0v) is 7.39. The van der Waals surface area contributed by atoms with Crippen molar-refractivity contribution < 1.29 is 25.8 Å². The van der Waals surface area contributed by atoms with Gasteiger partial charge in [-0.05, 0) is 4.85 Å². The summed E-state index contributed by atoms with van der Waals surface area (Å²) in [5, 5.41) is 44.7. The molecule has 0 aliphatic carbocycles. The molecule has 0 aromatic carbocycles. The first-order valence-corrected chi connectivity index (χ1v) is 3.80. The Morgan fingerprint density at radius 3 is 2.00 bits per heavy atom. The van der Waals surface area contributed by atoms with Crippen molar-refractivity contribution >= 4 is 10.9 Å². The molecule has 2 rings (SSSR count). The molecule has 0 saturated carbocycles. The molecule has 0 aliphatic heterocycles. The van der Waals surface area contributed by atoms with Gasteiger partial charge in [-0.15, -0.1) is 4.73 Å². The Hall–Kier alpha value is -2.78. The van der Waals surface area contributed by atoms with Gasteiger partial charge in [-0.3, -0.25) is 9.59 Å². The summed E-state index contributed by atoms with van der Waals surface area (Å²) in [6.07, 6.45) is 0. The maximum absolute atomic E-state index is 11.2. The van der Waals surface area contributed by atoms with E-state index in [1.54, 1.807) is 0 Å². The van der Waals surface area contributed by atoms with E-state index < -0.39 is 33.7 Å². The van der Waals surface area contributed by atoms with Crippen LogP contribution in [0.1, 0.15) is 0 Å². The Labute approximate surface area is 84.5 Å². The first-order chi connectivity index (χ1) is 7.37. The minimum atomic E-state index is -1.46. The number of rotatable bonds is 0. The topological polar surface area (TPSA) is 150 Å². The standard InChI is InChI=1S/C6H5N3O7/c10-3-2-1(4(11)7(14)6(3)13)5(12)9(16)8(2)15/h10-11,14-16H. The Morgan fingerprint density at radius 1 is 0.875 bits per heavy atom. The fraction of sp³-hybridized carbons (Fsp3) is 0. The summed E-state index contributed by atoms with van der Waals surface area (Å²) in [6, 6.07) is 0. The number of fused-ring (bicyclic) bond motifs is 1. The highest BCUT2D eigenvalue weighted by Gasteiger charge is 2.25. The van der Waals surface area contributed by atoms with Crippen LogP contribution in [0, 0.1) is 0 Å². The molecule has 0 amide bonds. The molecule has 10 heteroatoms. The lowest BCUT2D eigenvalue weighted by Crippen LogP contribution is -2.19. The van der Waals surface area contributed by atoms with Gasteiger partial charge in [0.05, 0.1) is 0 Å². The number of aromatic nitrogens is 3. The van der Waals surface area contributed by atoms with Crippen LogP contribution in [0.4, 0.5) is 0 Å². The van der Waals surface area contributed by atoms with Crippen LogP contribution in [0.15, 0.2) is 9.59 Å². The maximum Gasteiger partial charge on any atom is 0.330 e. The molecule has 86 valence electrons. The Morgan fingerprint density at radius 2 is 1.44 bits per heavy atom. The van der Waals surface area contributed by atoms with Crippen LogP contribution >= 0.6 is 0 Å². The molecule has 0 spiro atoms. The summed E-state index contributed by atoms with van der Waals surface area (Å²) in [5.41, 5.74) is -3.60. The van der Waals surface area contributed by atoms with Crippen LogP contribution in [0.25, 0.3) is 10.9 Å². The van der Waals surface area contributed by atoms with Gasteiger partial charge in [0, 0.05) is 0 Å². The summed E-state index contributed by atoms with van der Waals surface area (Å²) in [7, 11) is 0. The normalized spacial score (nSPS) is 11.0. The van der Waals surface area contributed by atoms with Gasteiger partial charge in [0.1, 0.15) is 5.39 Å². The Balaban J connectivity index is 3.29. The smallest absolute Gasteiger partial charge is 0.330 e. The Bertz CT molecular complexity index is 706. The highest BCUT2D eigenvalue weighted by Crippen LogP contribution is 2.24. The van der Waals surface area contributed by atoms with Crippen LogP contribution in [-0.4, -0.2) is 40.3 Å². The molecular formula is C6H5N3O7. The summed E-state index contributed by atoms with van der Waals surface area (Å²) in [4.78, 5) is 21.7. The lowest BCUT2D eigenvalue weighted by Gasteiger charge is -2.02. The quantitative estimate of drug-likeness (QED) is 0.332. The lowest BCUT2D eigenvalue weighted by atomic mass is 10.3. The van der Waals surface area contributed by atoms with E-state index in [1.807, 2.05) is 0 Å². The highest BCUT2D eigenvalue weighted by molar-refractivity contribution is 5.87. The molecule has 0 unspecified atom stereocenters. The number of hydrogen-bond acceptors (Lipinski definition) is 7. The van der Waals surface area contributed by atoms with Crippen molar-refractivity contribution in [2.45, 2.75) is 0 Å². The zero-order chi connectivity index (χ0) is 12.2. The summed E-state index contributed by atoms with van der Waals surface area (Å²) >= 11 is 0. The van der Waals surface area contributed by atoms with Crippen LogP contribution in [0.3, 0.4) is 0 Å². The van der Waals surface area contributed by atoms with Crippen molar-refractivity contribution in [3.05, 3.63) is 20.7 Å². The van der Waals surface area contributed by atoms with E-state index in [2.05, 4.69) is 0 Å². The molecule has 0 bridgehead atoms. The zero-order valence-electron chi connectivity index (χ0n) is 7.39. The average Bonchev–Trinajstić information content (AvgIpc) is 2.48. The fourth-order valence-corrected chi connectivity index (χ4v) is 1.30. The van der Waals surface area contributed by atoms with Crippen molar-refractivity contribution in [3.8, 4) is 11.6 Å². The molecule has 0 fully saturated rings. The molecule has 2 heterocycles. The third kappa shape index (κ3) is 0.846. The van der Waals surface area contributed by atoms with Gasteiger partial charge in [-0.2, -0.15) is 0 Å². The molecule has 0 saturated heterocycles. The second-order valence-electron chi connectivity index (χ2n) is 2.90. The highest BCUT2D eigenvalue weighted by atomic mass is 16.6. The molecule has 2 aromatic rings. The molecule has 5 N–H and O–H groups in total. The first kappa shape index (κ1) is 9.76. The summed E-state index contributed by atoms with van der Waals surface area (Å²) in [5.74, 6) is -2.42. The van der Waals surface area contributed by atoms with E-state index in [0.29, 0.717) is 0 Å². The van der Waals surface area contributed by atoms with Crippen molar-refractivity contribution in [3.63, 3.8) is 0 Å². The molecule has 0 atom stereocenters. The predicted molar refractivity (Wildman–Crippen MR) is 45.3 cm³/mol. The van der Waals surface area contributed by atoms with Crippen molar-refractivity contribution in [1.82, 2.24) is 14.4 Å². The minimum absolute atomic E-state index is 0.242. The molecule has 2 aromatic heterocycles. The van der Waals surface area contributed by atoms with E-state index in [9.17, 15) is 19.8 Å². The first-order valence-electron chi connectivity index (χ1n) is 3.80. The van der Waals surface area contributed by atoms with Crippen LogP contribution in [0.5, 0.6) is 11.6 Å². The van der Waals surface area contributed by atoms with Gasteiger partial charge in [0.2, 0.25) is 11.6 Å². The van der Waals surface area contributed by atoms with Gasteiger partial charge in [0.15, 0.2) is 5.52 Å². The fourth-order valence-electron chi connectivity index (χ4n) is 1.30. The van der Waals surface area contributed by atoms with Crippen LogP contribution < -0.4 is 11.1 Å². The molecular weight excluding hydrogens is 226 g/mol. The SMILES string of the molecule is O=c1c(O)c2c(c(O)n1O)c(=O)n(O)n2O. The van der Waals surface area contributed by atoms with E-state index in [1.165, 1.54) is 0 Å². The van der Waals surface area contributed by atoms with E-state index in [-0.39, 0.29) is 14.4 Å². The van der Waals surface area contributed by atoms with E-state index in [0.717, 1.165) is 0 Å². The molecule has 0 aliphatic rings. The monoisotopic (exact) mass is 231 g/mol. The molecule has 10 nitrogen and oxygen atoms in total. The van der Waals surface area contributed by atoms with E-state index in [4.69, 9.17) is 15.6 Å². The second-order valence-corrected chi connectivity index (χ2v) is 2.90. The maximum atomic E-state index is 11.2. The third-order valence-corrected chi connectivity index (χ3v) is 2.06. The molecule has 0 radical (unpaired) electrons. The largest absolute Gasteiger partial charge is 0.501 e. The lowest BCUT2D eigenvalue weighted by molar-refractivity contribution is -0.00878. The van der Waals surface area contributed by atoms with Gasteiger partial charge in [-0.25, -0.2) is 0 Å². The van der Waals surface area contributed by atoms with Crippen LogP contribution in [-0.2, 0) is 0 Å². The van der Waals surface area contributed by atoms with Crippen molar-refractivity contribution in [2.24, 2.45) is 0 Å². The number of nitrogens with zero attached hydrogens (tertiary/aromatic N) is 3. The number of hydrogen-bond donors (Lipinski definition) is 5. The minimum Gasteiger partial charge on any atom is -0.501 e. The van der Waals surface area contributed by atoms with Crippen molar-refractivity contribution in [1.29, 1.82) is 0 Å². The number of pyridine rings is 1. The van der Waals surface area contributed by atoms with Gasteiger partial charge in [0.25, 0.3) is 0 Å². The number of aromatic hydroxyl groups is 2. The summed E-state index contributed by atoms with van der Waals surface area (Å²) < 4.78 is -0.390. The third-order valence-electron chi connectivity index (χ3n) is 2.06. The average molecular weight is 231 g/mol. The summed E-state index contributed by atoms with van der Waals surface area (Å²) in [6.45, 7) is 0. The van der Waals surface area contributed by atoms with Crippen LogP contribution in [0.2, 0.25) is 0 Å². The van der Waals surface area contributed by atoms with Gasteiger partial charge >= 0.3 is 11.1 Å². The second kappa shape index (κ2) is 2.62.